The maximum Gasteiger partial charge on any atom is 0.0460 e. The van der Waals surface area contributed by atoms with Crippen LogP contribution in [0.5, 0.6) is 0 Å². The van der Waals surface area contributed by atoms with Crippen LogP contribution in [0.2, 0.25) is 0 Å². The van der Waals surface area contributed by atoms with Gasteiger partial charge in [-0.15, -0.1) is 13.2 Å². The van der Waals surface area contributed by atoms with Crippen LogP contribution >= 0.6 is 0 Å². The van der Waals surface area contributed by atoms with Crippen molar-refractivity contribution < 1.29 is 0 Å². The van der Waals surface area contributed by atoms with Crippen molar-refractivity contribution in [3.05, 3.63) is 55.8 Å². The van der Waals surface area contributed by atoms with Crippen molar-refractivity contribution >= 4 is 16.5 Å². The van der Waals surface area contributed by atoms with Crippen molar-refractivity contribution in [2.24, 2.45) is 0 Å². The summed E-state index contributed by atoms with van der Waals surface area (Å²) in [4.78, 5) is 3.27. The molecule has 0 bridgehead atoms. The SMILES string of the molecule is C=C.C=C(CCC)c1c[nH]c2ccccc12.CCC. The molecule has 0 atom stereocenters. The minimum absolute atomic E-state index is 1.07. The van der Waals surface area contributed by atoms with Crippen molar-refractivity contribution in [3.63, 3.8) is 0 Å². The second-order valence-corrected chi connectivity index (χ2v) is 4.31. The first-order chi connectivity index (χ1) is 9.24. The van der Waals surface area contributed by atoms with Gasteiger partial charge in [-0.05, 0) is 18.1 Å². The summed E-state index contributed by atoms with van der Waals surface area (Å²) in [5.41, 5.74) is 3.69. The van der Waals surface area contributed by atoms with Crippen LogP contribution in [0, 0.1) is 0 Å². The van der Waals surface area contributed by atoms with E-state index in [-0.39, 0.29) is 0 Å². The molecule has 1 heterocycles. The molecule has 0 saturated heterocycles. The number of aromatic nitrogens is 1. The smallest absolute Gasteiger partial charge is 0.0460 e. The van der Waals surface area contributed by atoms with E-state index in [0.29, 0.717) is 0 Å². The molecular weight excluding hydrogens is 230 g/mol. The third-order valence-electron chi connectivity index (χ3n) is 2.52. The van der Waals surface area contributed by atoms with E-state index >= 15 is 0 Å². The maximum absolute atomic E-state index is 4.12. The van der Waals surface area contributed by atoms with Gasteiger partial charge in [0.2, 0.25) is 0 Å². The lowest BCUT2D eigenvalue weighted by molar-refractivity contribution is 0.976. The Bertz CT molecular complexity index is 479. The van der Waals surface area contributed by atoms with Gasteiger partial charge in [0.25, 0.3) is 0 Å². The van der Waals surface area contributed by atoms with Crippen LogP contribution in [-0.2, 0) is 0 Å². The normalized spacial score (nSPS) is 9.00. The minimum Gasteiger partial charge on any atom is -0.361 e. The Hall–Kier alpha value is -1.76. The molecule has 0 saturated carbocycles. The first kappa shape index (κ1) is 17.2. The van der Waals surface area contributed by atoms with Gasteiger partial charge in [0.15, 0.2) is 0 Å². The molecule has 2 rings (SSSR count). The molecule has 2 aromatic rings. The summed E-state index contributed by atoms with van der Waals surface area (Å²) >= 11 is 0. The number of nitrogens with one attached hydrogen (secondary N) is 1. The number of H-pyrrole nitrogens is 1. The predicted octanol–water partition coefficient (Wildman–Crippen LogP) is 6.20. The zero-order valence-corrected chi connectivity index (χ0v) is 12.6. The first-order valence-corrected chi connectivity index (χ1v) is 6.98. The standard InChI is InChI=1S/C13H15N.C3H8.C2H4/c1-3-6-10(2)12-9-14-13-8-5-4-7-11(12)13;1-3-2;1-2/h4-5,7-9,14H,2-3,6H2,1H3;3H2,1-2H3;1-2H2. The summed E-state index contributed by atoms with van der Waals surface area (Å²) in [6.45, 7) is 16.5. The Morgan fingerprint density at radius 2 is 1.68 bits per heavy atom. The Morgan fingerprint density at radius 1 is 1.11 bits per heavy atom. The molecule has 104 valence electrons. The lowest BCUT2D eigenvalue weighted by Crippen LogP contribution is -1.79. The van der Waals surface area contributed by atoms with E-state index in [4.69, 9.17) is 0 Å². The van der Waals surface area contributed by atoms with E-state index in [2.05, 4.69) is 69.9 Å². The lowest BCUT2D eigenvalue weighted by Gasteiger charge is -2.01. The number of fused-ring (bicyclic) bond motifs is 1. The molecule has 0 fully saturated rings. The van der Waals surface area contributed by atoms with Gasteiger partial charge in [-0.1, -0.05) is 58.4 Å². The number of aromatic amines is 1. The molecular formula is C18H27N. The van der Waals surface area contributed by atoms with Crippen molar-refractivity contribution in [2.45, 2.75) is 40.0 Å². The number of para-hydroxylation sites is 1. The van der Waals surface area contributed by atoms with Crippen LogP contribution in [0.3, 0.4) is 0 Å². The van der Waals surface area contributed by atoms with Crippen LogP contribution in [0.25, 0.3) is 16.5 Å². The predicted molar refractivity (Wildman–Crippen MR) is 89.5 cm³/mol. The molecule has 1 heteroatoms. The Morgan fingerprint density at radius 3 is 2.26 bits per heavy atom. The quantitative estimate of drug-likeness (QED) is 0.630. The molecule has 0 amide bonds. The molecule has 1 aromatic carbocycles. The molecule has 1 nitrogen and oxygen atoms in total. The zero-order chi connectivity index (χ0) is 14.7. The number of rotatable bonds is 3. The highest BCUT2D eigenvalue weighted by Crippen LogP contribution is 2.26. The average molecular weight is 257 g/mol. The number of hydrogen-bond acceptors (Lipinski definition) is 0. The van der Waals surface area contributed by atoms with Gasteiger partial charge in [0.1, 0.15) is 0 Å². The Kier molecular flexibility index (Phi) is 9.25. The summed E-state index contributed by atoms with van der Waals surface area (Å²) in [5, 5.41) is 1.28. The third kappa shape index (κ3) is 5.17. The van der Waals surface area contributed by atoms with Crippen LogP contribution in [-0.4, -0.2) is 4.98 Å². The summed E-state index contributed by atoms with van der Waals surface area (Å²) in [6, 6.07) is 8.35. The van der Waals surface area contributed by atoms with Gasteiger partial charge < -0.3 is 4.98 Å². The molecule has 0 spiro atoms. The van der Waals surface area contributed by atoms with E-state index < -0.39 is 0 Å². The highest BCUT2D eigenvalue weighted by Gasteiger charge is 2.04. The fraction of sp³-hybridized carbons (Fsp3) is 0.333. The summed E-state index contributed by atoms with van der Waals surface area (Å²) in [6.07, 6.45) is 5.53. The van der Waals surface area contributed by atoms with Crippen molar-refractivity contribution in [1.82, 2.24) is 4.98 Å². The Balaban J connectivity index is 0.000000573. The molecule has 0 aliphatic heterocycles. The lowest BCUT2D eigenvalue weighted by atomic mass is 10.0. The zero-order valence-electron chi connectivity index (χ0n) is 12.6. The van der Waals surface area contributed by atoms with Crippen molar-refractivity contribution in [3.8, 4) is 0 Å². The summed E-state index contributed by atoms with van der Waals surface area (Å²) < 4.78 is 0. The molecule has 19 heavy (non-hydrogen) atoms. The summed E-state index contributed by atoms with van der Waals surface area (Å²) in [5.74, 6) is 0. The van der Waals surface area contributed by atoms with Gasteiger partial charge in [0.05, 0.1) is 0 Å². The molecule has 1 N–H and O–H groups in total. The summed E-state index contributed by atoms with van der Waals surface area (Å²) in [7, 11) is 0. The van der Waals surface area contributed by atoms with E-state index in [1.165, 1.54) is 28.5 Å². The van der Waals surface area contributed by atoms with Crippen LogP contribution in [0.4, 0.5) is 0 Å². The van der Waals surface area contributed by atoms with Crippen LogP contribution in [0.15, 0.2) is 50.2 Å². The number of benzene rings is 1. The van der Waals surface area contributed by atoms with Gasteiger partial charge in [0, 0.05) is 22.7 Å². The van der Waals surface area contributed by atoms with E-state index in [9.17, 15) is 0 Å². The fourth-order valence-electron chi connectivity index (χ4n) is 1.80. The Labute approximate surface area is 118 Å². The fourth-order valence-corrected chi connectivity index (χ4v) is 1.80. The molecule has 0 aliphatic rings. The van der Waals surface area contributed by atoms with Gasteiger partial charge >= 0.3 is 0 Å². The molecule has 0 aliphatic carbocycles. The van der Waals surface area contributed by atoms with E-state index in [1.54, 1.807) is 0 Å². The number of allylic oxidation sites excluding steroid dienone is 1. The van der Waals surface area contributed by atoms with Gasteiger partial charge in [-0.2, -0.15) is 0 Å². The largest absolute Gasteiger partial charge is 0.361 e. The first-order valence-electron chi connectivity index (χ1n) is 6.98. The maximum atomic E-state index is 4.12. The van der Waals surface area contributed by atoms with E-state index in [1.807, 2.05) is 6.07 Å². The second kappa shape index (κ2) is 10.2. The van der Waals surface area contributed by atoms with Crippen LogP contribution < -0.4 is 0 Å². The molecule has 1 aromatic heterocycles. The monoisotopic (exact) mass is 257 g/mol. The van der Waals surface area contributed by atoms with E-state index in [0.717, 1.165) is 12.8 Å². The minimum atomic E-state index is 1.07. The molecule has 0 radical (unpaired) electrons. The molecule has 0 unspecified atom stereocenters. The second-order valence-electron chi connectivity index (χ2n) is 4.31. The highest BCUT2D eigenvalue weighted by atomic mass is 14.7. The van der Waals surface area contributed by atoms with Crippen molar-refractivity contribution in [1.29, 1.82) is 0 Å². The topological polar surface area (TPSA) is 15.8 Å². The average Bonchev–Trinajstić information content (AvgIpc) is 2.86. The van der Waals surface area contributed by atoms with Crippen LogP contribution in [0.1, 0.15) is 45.6 Å². The third-order valence-corrected chi connectivity index (χ3v) is 2.52. The highest BCUT2D eigenvalue weighted by molar-refractivity contribution is 5.91. The number of hydrogen-bond donors (Lipinski definition) is 1. The van der Waals surface area contributed by atoms with Gasteiger partial charge in [-0.3, -0.25) is 0 Å². The van der Waals surface area contributed by atoms with Crippen molar-refractivity contribution in [2.75, 3.05) is 0 Å². The van der Waals surface area contributed by atoms with Gasteiger partial charge in [-0.25, -0.2) is 0 Å².